The molecule has 1 N–H and O–H groups in total. The van der Waals surface area contributed by atoms with Crippen LogP contribution in [0.4, 0.5) is 4.39 Å². The molecule has 0 aliphatic rings. The molecular formula is C14H20FN3. The Hall–Kier alpha value is -1.42. The highest BCUT2D eigenvalue weighted by Crippen LogP contribution is 2.26. The Balaban J connectivity index is 2.68. The summed E-state index contributed by atoms with van der Waals surface area (Å²) >= 11 is 0. The summed E-state index contributed by atoms with van der Waals surface area (Å²) in [5.74, 6) is 0.625. The molecule has 0 aliphatic heterocycles. The minimum Gasteiger partial charge on any atom is -0.327 e. The molecule has 1 heterocycles. The van der Waals surface area contributed by atoms with E-state index in [9.17, 15) is 4.39 Å². The highest BCUT2D eigenvalue weighted by molar-refractivity contribution is 5.76. The molecule has 0 saturated carbocycles. The number of nitrogens with one attached hydrogen (secondary N) is 1. The van der Waals surface area contributed by atoms with Crippen LogP contribution in [0.2, 0.25) is 0 Å². The Morgan fingerprint density at radius 2 is 2.06 bits per heavy atom. The summed E-state index contributed by atoms with van der Waals surface area (Å²) in [6.45, 7) is 9.88. The molecule has 0 atom stereocenters. The Kier molecular flexibility index (Phi) is 3.39. The molecule has 0 spiro atoms. The van der Waals surface area contributed by atoms with Crippen LogP contribution >= 0.6 is 0 Å². The first kappa shape index (κ1) is 13.0. The Morgan fingerprint density at radius 3 is 2.67 bits per heavy atom. The number of imidazole rings is 1. The van der Waals surface area contributed by atoms with Gasteiger partial charge in [-0.15, -0.1) is 0 Å². The van der Waals surface area contributed by atoms with Crippen LogP contribution in [0.5, 0.6) is 0 Å². The van der Waals surface area contributed by atoms with Gasteiger partial charge >= 0.3 is 0 Å². The van der Waals surface area contributed by atoms with Crippen molar-refractivity contribution < 1.29 is 4.39 Å². The molecule has 0 unspecified atom stereocenters. The number of aromatic nitrogens is 2. The summed E-state index contributed by atoms with van der Waals surface area (Å²) in [5, 5.41) is 3.39. The van der Waals surface area contributed by atoms with Crippen LogP contribution in [0.1, 0.15) is 33.5 Å². The number of rotatable bonds is 4. The molecule has 0 saturated heterocycles. The van der Waals surface area contributed by atoms with Crippen LogP contribution in [0.25, 0.3) is 11.0 Å². The van der Waals surface area contributed by atoms with Gasteiger partial charge in [-0.05, 0) is 39.4 Å². The summed E-state index contributed by atoms with van der Waals surface area (Å²) in [5.41, 5.74) is 1.05. The number of hydrogen-bond acceptors (Lipinski definition) is 2. The van der Waals surface area contributed by atoms with Crippen molar-refractivity contribution in [3.8, 4) is 0 Å². The van der Waals surface area contributed by atoms with Crippen LogP contribution in [0.15, 0.2) is 18.2 Å². The summed E-state index contributed by atoms with van der Waals surface area (Å²) in [7, 11) is 0. The maximum atomic E-state index is 13.8. The maximum absolute atomic E-state index is 13.8. The highest BCUT2D eigenvalue weighted by atomic mass is 19.1. The van der Waals surface area contributed by atoms with Crippen molar-refractivity contribution in [3.63, 3.8) is 0 Å². The molecule has 4 heteroatoms. The van der Waals surface area contributed by atoms with Gasteiger partial charge in [0.25, 0.3) is 0 Å². The highest BCUT2D eigenvalue weighted by Gasteiger charge is 2.26. The molecule has 0 amide bonds. The van der Waals surface area contributed by atoms with Gasteiger partial charge in [0.2, 0.25) is 0 Å². The number of fused-ring (bicyclic) bond motifs is 1. The number of benzene rings is 1. The smallest absolute Gasteiger partial charge is 0.151 e. The van der Waals surface area contributed by atoms with Crippen LogP contribution < -0.4 is 5.32 Å². The molecule has 2 aromatic rings. The van der Waals surface area contributed by atoms with Gasteiger partial charge in [-0.1, -0.05) is 13.0 Å². The van der Waals surface area contributed by atoms with Crippen molar-refractivity contribution in [1.29, 1.82) is 0 Å². The van der Waals surface area contributed by atoms with E-state index in [1.807, 2.05) is 6.07 Å². The molecule has 98 valence electrons. The molecule has 0 bridgehead atoms. The van der Waals surface area contributed by atoms with Crippen LogP contribution in [0.3, 0.4) is 0 Å². The van der Waals surface area contributed by atoms with Crippen molar-refractivity contribution >= 4 is 11.0 Å². The molecule has 0 radical (unpaired) electrons. The summed E-state index contributed by atoms with van der Waals surface area (Å²) in [4.78, 5) is 4.50. The molecule has 1 aromatic heterocycles. The topological polar surface area (TPSA) is 29.9 Å². The zero-order valence-corrected chi connectivity index (χ0v) is 11.4. The predicted octanol–water partition coefficient (Wildman–Crippen LogP) is 3.04. The summed E-state index contributed by atoms with van der Waals surface area (Å²) in [6.07, 6.45) is 0. The average molecular weight is 249 g/mol. The maximum Gasteiger partial charge on any atom is 0.151 e. The van der Waals surface area contributed by atoms with Crippen molar-refractivity contribution in [2.45, 2.75) is 39.8 Å². The minimum atomic E-state index is -0.268. The standard InChI is InChI=1S/C14H20FN3/c1-5-16-14(3,4)13-17-12-10(15)8-7-9-11(12)18(13)6-2/h7-9,16H,5-6H2,1-4H3. The third-order valence-corrected chi connectivity index (χ3v) is 3.22. The fourth-order valence-electron chi connectivity index (χ4n) is 2.43. The van der Waals surface area contributed by atoms with E-state index in [1.54, 1.807) is 6.07 Å². The van der Waals surface area contributed by atoms with E-state index in [1.165, 1.54) is 6.07 Å². The van der Waals surface area contributed by atoms with Crippen LogP contribution in [-0.2, 0) is 12.1 Å². The number of halogens is 1. The zero-order chi connectivity index (χ0) is 13.3. The first-order chi connectivity index (χ1) is 8.51. The summed E-state index contributed by atoms with van der Waals surface area (Å²) in [6, 6.07) is 5.11. The Bertz CT molecular complexity index is 557. The SMILES string of the molecule is CCNC(C)(C)c1nc2c(F)cccc2n1CC. The lowest BCUT2D eigenvalue weighted by molar-refractivity contribution is 0.377. The molecule has 18 heavy (non-hydrogen) atoms. The second-order valence-electron chi connectivity index (χ2n) is 4.94. The van der Waals surface area contributed by atoms with Gasteiger partial charge in [0.15, 0.2) is 5.82 Å². The van der Waals surface area contributed by atoms with Gasteiger partial charge in [-0.2, -0.15) is 0 Å². The normalized spacial score (nSPS) is 12.3. The molecule has 0 fully saturated rings. The van der Waals surface area contributed by atoms with Crippen LogP contribution in [0, 0.1) is 5.82 Å². The van der Waals surface area contributed by atoms with Gasteiger partial charge in [-0.25, -0.2) is 9.37 Å². The lowest BCUT2D eigenvalue weighted by Gasteiger charge is -2.25. The van der Waals surface area contributed by atoms with E-state index in [2.05, 4.69) is 42.6 Å². The predicted molar refractivity (Wildman–Crippen MR) is 72.1 cm³/mol. The van der Waals surface area contributed by atoms with Gasteiger partial charge in [0, 0.05) is 6.54 Å². The molecular weight excluding hydrogens is 229 g/mol. The van der Waals surface area contributed by atoms with Crippen molar-refractivity contribution in [2.24, 2.45) is 0 Å². The lowest BCUT2D eigenvalue weighted by atomic mass is 10.0. The molecule has 3 nitrogen and oxygen atoms in total. The Morgan fingerprint density at radius 1 is 1.33 bits per heavy atom. The third kappa shape index (κ3) is 2.01. The monoisotopic (exact) mass is 249 g/mol. The van der Waals surface area contributed by atoms with Crippen molar-refractivity contribution in [3.05, 3.63) is 29.8 Å². The Labute approximate surface area is 107 Å². The van der Waals surface area contributed by atoms with Gasteiger partial charge in [0.05, 0.1) is 11.1 Å². The fourth-order valence-corrected chi connectivity index (χ4v) is 2.43. The largest absolute Gasteiger partial charge is 0.327 e. The van der Waals surface area contributed by atoms with Crippen molar-refractivity contribution in [1.82, 2.24) is 14.9 Å². The fraction of sp³-hybridized carbons (Fsp3) is 0.500. The van der Waals surface area contributed by atoms with Gasteiger partial charge < -0.3 is 9.88 Å². The van der Waals surface area contributed by atoms with E-state index < -0.39 is 0 Å². The average Bonchev–Trinajstić information content (AvgIpc) is 2.69. The molecule has 0 aliphatic carbocycles. The summed E-state index contributed by atoms with van der Waals surface area (Å²) < 4.78 is 15.9. The van der Waals surface area contributed by atoms with E-state index in [0.717, 1.165) is 24.4 Å². The van der Waals surface area contributed by atoms with E-state index in [0.29, 0.717) is 5.52 Å². The first-order valence-corrected chi connectivity index (χ1v) is 6.41. The van der Waals surface area contributed by atoms with E-state index >= 15 is 0 Å². The number of para-hydroxylation sites is 1. The van der Waals surface area contributed by atoms with Crippen LogP contribution in [-0.4, -0.2) is 16.1 Å². The lowest BCUT2D eigenvalue weighted by Crippen LogP contribution is -2.38. The number of nitrogens with zero attached hydrogens (tertiary/aromatic N) is 2. The first-order valence-electron chi connectivity index (χ1n) is 6.41. The zero-order valence-electron chi connectivity index (χ0n) is 11.4. The number of hydrogen-bond donors (Lipinski definition) is 1. The second-order valence-corrected chi connectivity index (χ2v) is 4.94. The van der Waals surface area contributed by atoms with E-state index in [-0.39, 0.29) is 11.4 Å². The molecule has 2 rings (SSSR count). The van der Waals surface area contributed by atoms with E-state index in [4.69, 9.17) is 0 Å². The van der Waals surface area contributed by atoms with Gasteiger partial charge in [0.1, 0.15) is 11.3 Å². The minimum absolute atomic E-state index is 0.256. The van der Waals surface area contributed by atoms with Gasteiger partial charge in [-0.3, -0.25) is 0 Å². The third-order valence-electron chi connectivity index (χ3n) is 3.22. The quantitative estimate of drug-likeness (QED) is 0.902. The molecule has 1 aromatic carbocycles. The van der Waals surface area contributed by atoms with Crippen molar-refractivity contribution in [2.75, 3.05) is 6.54 Å². The number of aryl methyl sites for hydroxylation is 1. The second kappa shape index (κ2) is 4.69.